The van der Waals surface area contributed by atoms with Crippen LogP contribution in [-0.4, -0.2) is 20.2 Å². The summed E-state index contributed by atoms with van der Waals surface area (Å²) in [6, 6.07) is 5.17. The van der Waals surface area contributed by atoms with Crippen LogP contribution >= 0.6 is 11.6 Å². The Morgan fingerprint density at radius 2 is 2.21 bits per heavy atom. The molecule has 2 rings (SSSR count). The van der Waals surface area contributed by atoms with E-state index < -0.39 is 0 Å². The maximum absolute atomic E-state index is 5.77. The molecule has 0 atom stereocenters. The highest BCUT2D eigenvalue weighted by atomic mass is 35.5. The van der Waals surface area contributed by atoms with Gasteiger partial charge in [-0.3, -0.25) is 0 Å². The minimum Gasteiger partial charge on any atom is -0.398 e. The van der Waals surface area contributed by atoms with Crippen LogP contribution in [-0.2, 0) is 7.05 Å². The van der Waals surface area contributed by atoms with E-state index in [-0.39, 0.29) is 0 Å². The smallest absolute Gasteiger partial charge is 0.206 e. The minimum atomic E-state index is 0.502. The molecule has 0 bridgehead atoms. The van der Waals surface area contributed by atoms with Gasteiger partial charge in [0.25, 0.3) is 0 Å². The summed E-state index contributed by atoms with van der Waals surface area (Å²) in [6.45, 7) is 0. The number of rotatable bonds is 1. The third-order valence-electron chi connectivity index (χ3n) is 1.76. The van der Waals surface area contributed by atoms with Crippen molar-refractivity contribution >= 4 is 17.3 Å². The summed E-state index contributed by atoms with van der Waals surface area (Å²) in [4.78, 5) is 1.38. The van der Waals surface area contributed by atoms with Gasteiger partial charge in [0.2, 0.25) is 5.82 Å². The van der Waals surface area contributed by atoms with Crippen LogP contribution in [0.25, 0.3) is 11.4 Å². The Morgan fingerprint density at radius 3 is 2.79 bits per heavy atom. The number of nitrogens with two attached hydrogens (primary N) is 1. The van der Waals surface area contributed by atoms with Crippen molar-refractivity contribution in [3.8, 4) is 11.4 Å². The summed E-state index contributed by atoms with van der Waals surface area (Å²) in [5.74, 6) is 0.502. The SMILES string of the molecule is Cn1nnc(-c2ccc(Cl)cc2N)n1. The highest BCUT2D eigenvalue weighted by Gasteiger charge is 2.07. The van der Waals surface area contributed by atoms with E-state index in [9.17, 15) is 0 Å². The third-order valence-corrected chi connectivity index (χ3v) is 2.00. The molecular weight excluding hydrogens is 202 g/mol. The standard InChI is InChI=1S/C8H8ClN5/c1-14-12-8(11-13-14)6-3-2-5(9)4-7(6)10/h2-4H,10H2,1H3. The van der Waals surface area contributed by atoms with Crippen LogP contribution in [0, 0.1) is 0 Å². The fourth-order valence-electron chi connectivity index (χ4n) is 1.13. The maximum Gasteiger partial charge on any atom is 0.206 e. The molecule has 5 nitrogen and oxygen atoms in total. The highest BCUT2D eigenvalue weighted by molar-refractivity contribution is 6.31. The number of tetrazole rings is 1. The second-order valence-corrected chi connectivity index (χ2v) is 3.27. The van der Waals surface area contributed by atoms with E-state index in [1.807, 2.05) is 0 Å². The van der Waals surface area contributed by atoms with Gasteiger partial charge in [-0.1, -0.05) is 11.6 Å². The lowest BCUT2D eigenvalue weighted by Crippen LogP contribution is -1.93. The van der Waals surface area contributed by atoms with Gasteiger partial charge in [-0.15, -0.1) is 10.2 Å². The molecule has 0 aliphatic rings. The first kappa shape index (κ1) is 8.96. The molecule has 0 saturated carbocycles. The molecule has 0 saturated heterocycles. The Labute approximate surface area is 85.5 Å². The third kappa shape index (κ3) is 1.54. The summed E-state index contributed by atoms with van der Waals surface area (Å²) >= 11 is 5.77. The zero-order valence-corrected chi connectivity index (χ0v) is 8.23. The maximum atomic E-state index is 5.77. The normalized spacial score (nSPS) is 10.4. The fourth-order valence-corrected chi connectivity index (χ4v) is 1.31. The van der Waals surface area contributed by atoms with Gasteiger partial charge in [-0.25, -0.2) is 0 Å². The Morgan fingerprint density at radius 1 is 1.43 bits per heavy atom. The number of nitrogens with zero attached hydrogens (tertiary/aromatic N) is 4. The number of aromatic nitrogens is 4. The zero-order chi connectivity index (χ0) is 10.1. The number of aryl methyl sites for hydroxylation is 1. The lowest BCUT2D eigenvalue weighted by atomic mass is 10.2. The molecule has 0 aliphatic carbocycles. The lowest BCUT2D eigenvalue weighted by Gasteiger charge is -2.00. The molecule has 72 valence electrons. The lowest BCUT2D eigenvalue weighted by molar-refractivity contribution is 0.630. The van der Waals surface area contributed by atoms with Gasteiger partial charge in [0.05, 0.1) is 7.05 Å². The number of halogens is 1. The summed E-state index contributed by atoms with van der Waals surface area (Å²) in [7, 11) is 1.70. The average molecular weight is 210 g/mol. The average Bonchev–Trinajstić information content (AvgIpc) is 2.51. The van der Waals surface area contributed by atoms with Crippen molar-refractivity contribution in [2.75, 3.05) is 5.73 Å². The van der Waals surface area contributed by atoms with Crippen molar-refractivity contribution in [3.05, 3.63) is 23.2 Å². The molecule has 1 aromatic heterocycles. The first-order valence-corrected chi connectivity index (χ1v) is 4.34. The van der Waals surface area contributed by atoms with Crippen LogP contribution in [0.3, 0.4) is 0 Å². The van der Waals surface area contributed by atoms with Crippen LogP contribution in [0.5, 0.6) is 0 Å². The molecule has 1 heterocycles. The molecule has 0 amide bonds. The molecule has 0 fully saturated rings. The predicted molar refractivity (Wildman–Crippen MR) is 53.7 cm³/mol. The van der Waals surface area contributed by atoms with E-state index in [1.165, 1.54) is 4.80 Å². The monoisotopic (exact) mass is 209 g/mol. The number of nitrogen functional groups attached to an aromatic ring is 1. The first-order valence-electron chi connectivity index (χ1n) is 3.96. The van der Waals surface area contributed by atoms with Gasteiger partial charge < -0.3 is 5.73 Å². The van der Waals surface area contributed by atoms with Crippen LogP contribution in [0.2, 0.25) is 5.02 Å². The van der Waals surface area contributed by atoms with Crippen LogP contribution in [0.4, 0.5) is 5.69 Å². The predicted octanol–water partition coefficient (Wildman–Crippen LogP) is 1.11. The summed E-state index contributed by atoms with van der Waals surface area (Å²) < 4.78 is 0. The van der Waals surface area contributed by atoms with E-state index in [2.05, 4.69) is 15.4 Å². The molecule has 2 aromatic rings. The van der Waals surface area contributed by atoms with Gasteiger partial charge in [0.15, 0.2) is 0 Å². The van der Waals surface area contributed by atoms with E-state index in [0.29, 0.717) is 16.5 Å². The number of anilines is 1. The second kappa shape index (κ2) is 3.26. The largest absolute Gasteiger partial charge is 0.398 e. The topological polar surface area (TPSA) is 69.6 Å². The van der Waals surface area contributed by atoms with Crippen LogP contribution in [0.15, 0.2) is 18.2 Å². The van der Waals surface area contributed by atoms with Crippen molar-refractivity contribution in [2.24, 2.45) is 7.05 Å². The quantitative estimate of drug-likeness (QED) is 0.715. The minimum absolute atomic E-state index is 0.502. The molecule has 0 spiro atoms. The Bertz CT molecular complexity index is 465. The summed E-state index contributed by atoms with van der Waals surface area (Å²) in [6.07, 6.45) is 0. The Kier molecular flexibility index (Phi) is 2.09. The van der Waals surface area contributed by atoms with Gasteiger partial charge in [-0.2, -0.15) is 4.80 Å². The number of hydrogen-bond acceptors (Lipinski definition) is 4. The first-order chi connectivity index (χ1) is 6.66. The number of benzene rings is 1. The molecule has 0 radical (unpaired) electrons. The number of hydrogen-bond donors (Lipinski definition) is 1. The molecule has 0 unspecified atom stereocenters. The molecule has 1 aromatic carbocycles. The van der Waals surface area contributed by atoms with E-state index >= 15 is 0 Å². The van der Waals surface area contributed by atoms with Crippen molar-refractivity contribution in [1.29, 1.82) is 0 Å². The van der Waals surface area contributed by atoms with Crippen molar-refractivity contribution in [3.63, 3.8) is 0 Å². The highest BCUT2D eigenvalue weighted by Crippen LogP contribution is 2.24. The van der Waals surface area contributed by atoms with Crippen molar-refractivity contribution in [1.82, 2.24) is 20.2 Å². The second-order valence-electron chi connectivity index (χ2n) is 2.83. The van der Waals surface area contributed by atoms with E-state index in [1.54, 1.807) is 25.2 Å². The van der Waals surface area contributed by atoms with Crippen molar-refractivity contribution < 1.29 is 0 Å². The van der Waals surface area contributed by atoms with Crippen LogP contribution in [0.1, 0.15) is 0 Å². The van der Waals surface area contributed by atoms with Gasteiger partial charge >= 0.3 is 0 Å². The van der Waals surface area contributed by atoms with Gasteiger partial charge in [0, 0.05) is 16.3 Å². The molecule has 14 heavy (non-hydrogen) atoms. The van der Waals surface area contributed by atoms with Crippen molar-refractivity contribution in [2.45, 2.75) is 0 Å². The van der Waals surface area contributed by atoms with Crippen LogP contribution < -0.4 is 5.73 Å². The van der Waals surface area contributed by atoms with Gasteiger partial charge in [0.1, 0.15) is 0 Å². The van der Waals surface area contributed by atoms with E-state index in [4.69, 9.17) is 17.3 Å². The molecule has 0 aliphatic heterocycles. The molecule has 2 N–H and O–H groups in total. The summed E-state index contributed by atoms with van der Waals surface area (Å²) in [5, 5.41) is 12.2. The van der Waals surface area contributed by atoms with Gasteiger partial charge in [-0.05, 0) is 23.4 Å². The Balaban J connectivity index is 2.52. The Hall–Kier alpha value is -1.62. The molecular formula is C8H8ClN5. The van der Waals surface area contributed by atoms with E-state index in [0.717, 1.165) is 5.56 Å². The summed E-state index contributed by atoms with van der Waals surface area (Å²) in [5.41, 5.74) is 7.05. The molecule has 6 heteroatoms. The zero-order valence-electron chi connectivity index (χ0n) is 7.48. The fraction of sp³-hybridized carbons (Fsp3) is 0.125.